The highest BCUT2D eigenvalue weighted by Gasteiger charge is 2.12. The van der Waals surface area contributed by atoms with Crippen molar-refractivity contribution in [2.24, 2.45) is 0 Å². The van der Waals surface area contributed by atoms with Crippen LogP contribution in [-0.4, -0.2) is 18.6 Å². The maximum absolute atomic E-state index is 13.8. The van der Waals surface area contributed by atoms with E-state index in [9.17, 15) is 8.78 Å². The summed E-state index contributed by atoms with van der Waals surface area (Å²) in [7, 11) is 1.53. The zero-order chi connectivity index (χ0) is 15.4. The Morgan fingerprint density at radius 2 is 1.90 bits per heavy atom. The van der Waals surface area contributed by atoms with Crippen LogP contribution in [0.15, 0.2) is 28.7 Å². The fourth-order valence-electron chi connectivity index (χ4n) is 1.72. The number of rotatable bonds is 5. The number of ether oxygens (including phenoxy) is 1. The minimum atomic E-state index is -0.768. The molecule has 0 amide bonds. The second-order valence-corrected chi connectivity index (χ2v) is 5.01. The van der Waals surface area contributed by atoms with Crippen molar-refractivity contribution in [2.45, 2.75) is 6.92 Å². The average molecular weight is 358 g/mol. The molecule has 0 aliphatic carbocycles. The normalized spacial score (nSPS) is 10.3. The Bertz CT molecular complexity index is 652. The van der Waals surface area contributed by atoms with E-state index < -0.39 is 11.6 Å². The summed E-state index contributed by atoms with van der Waals surface area (Å²) in [5, 5.41) is 5.54. The van der Waals surface area contributed by atoms with Crippen molar-refractivity contribution >= 4 is 33.3 Å². The van der Waals surface area contributed by atoms with Gasteiger partial charge in [-0.15, -0.1) is 0 Å². The van der Waals surface area contributed by atoms with Gasteiger partial charge in [0.25, 0.3) is 0 Å². The summed E-state index contributed by atoms with van der Waals surface area (Å²) < 4.78 is 33.2. The topological polar surface area (TPSA) is 46.2 Å². The number of methoxy groups -OCH3 is 1. The predicted molar refractivity (Wildman–Crippen MR) is 82.3 cm³/mol. The van der Waals surface area contributed by atoms with Crippen molar-refractivity contribution in [3.8, 4) is 5.75 Å². The summed E-state index contributed by atoms with van der Waals surface area (Å²) in [6.45, 7) is 2.29. The van der Waals surface area contributed by atoms with Crippen LogP contribution in [-0.2, 0) is 0 Å². The monoisotopic (exact) mass is 357 g/mol. The number of pyridine rings is 1. The molecule has 21 heavy (non-hydrogen) atoms. The molecule has 0 spiro atoms. The number of anilines is 3. The van der Waals surface area contributed by atoms with Crippen LogP contribution in [0.25, 0.3) is 0 Å². The Kier molecular flexibility index (Phi) is 4.95. The molecule has 0 unspecified atom stereocenters. The highest BCUT2D eigenvalue weighted by atomic mass is 79.9. The first-order chi connectivity index (χ1) is 10.0. The van der Waals surface area contributed by atoms with Crippen LogP contribution >= 0.6 is 15.9 Å². The minimum absolute atomic E-state index is 0.00507. The third-order valence-corrected chi connectivity index (χ3v) is 3.34. The molecule has 0 bridgehead atoms. The van der Waals surface area contributed by atoms with E-state index in [1.165, 1.54) is 7.11 Å². The fraction of sp³-hybridized carbons (Fsp3) is 0.214. The summed E-state index contributed by atoms with van der Waals surface area (Å²) in [4.78, 5) is 3.91. The Morgan fingerprint density at radius 1 is 1.19 bits per heavy atom. The molecule has 7 heteroatoms. The molecule has 0 fully saturated rings. The lowest BCUT2D eigenvalue weighted by atomic mass is 10.3. The van der Waals surface area contributed by atoms with Crippen LogP contribution in [0, 0.1) is 11.6 Å². The number of benzene rings is 1. The number of nitrogens with one attached hydrogen (secondary N) is 2. The van der Waals surface area contributed by atoms with Gasteiger partial charge in [-0.25, -0.2) is 13.8 Å². The standard InChI is InChI=1S/C14H14BrF2N3O/c1-3-18-13-10(16)7-11(17)14(20-13)19-8-4-5-9(15)12(6-8)21-2/h4-7H,3H2,1-2H3,(H2,18,19,20). The largest absolute Gasteiger partial charge is 0.495 e. The quantitative estimate of drug-likeness (QED) is 0.836. The molecule has 1 aromatic carbocycles. The molecular formula is C14H14BrF2N3O. The minimum Gasteiger partial charge on any atom is -0.495 e. The Labute approximate surface area is 129 Å². The first-order valence-electron chi connectivity index (χ1n) is 6.25. The van der Waals surface area contributed by atoms with Gasteiger partial charge in [-0.2, -0.15) is 0 Å². The van der Waals surface area contributed by atoms with Gasteiger partial charge in [-0.05, 0) is 35.0 Å². The predicted octanol–water partition coefficient (Wildman–Crippen LogP) is 4.31. The van der Waals surface area contributed by atoms with Gasteiger partial charge in [-0.1, -0.05) is 0 Å². The van der Waals surface area contributed by atoms with Crippen molar-refractivity contribution in [1.29, 1.82) is 0 Å². The van der Waals surface area contributed by atoms with E-state index >= 15 is 0 Å². The molecule has 0 atom stereocenters. The molecule has 0 saturated heterocycles. The molecule has 1 aromatic heterocycles. The second kappa shape index (κ2) is 6.71. The van der Waals surface area contributed by atoms with E-state index in [0.29, 0.717) is 18.0 Å². The summed E-state index contributed by atoms with van der Waals surface area (Å²) in [6, 6.07) is 5.96. The number of hydrogen-bond acceptors (Lipinski definition) is 4. The first kappa shape index (κ1) is 15.5. The molecule has 2 rings (SSSR count). The summed E-state index contributed by atoms with van der Waals surface area (Å²) in [6.07, 6.45) is 0. The Morgan fingerprint density at radius 3 is 2.57 bits per heavy atom. The SMILES string of the molecule is CCNc1nc(Nc2ccc(Br)c(OC)c2)c(F)cc1F. The highest BCUT2D eigenvalue weighted by Crippen LogP contribution is 2.30. The van der Waals surface area contributed by atoms with Gasteiger partial charge in [0.05, 0.1) is 11.6 Å². The number of nitrogens with zero attached hydrogens (tertiary/aromatic N) is 1. The number of aromatic nitrogens is 1. The van der Waals surface area contributed by atoms with Crippen LogP contribution in [0.5, 0.6) is 5.75 Å². The maximum Gasteiger partial charge on any atom is 0.169 e. The van der Waals surface area contributed by atoms with Crippen LogP contribution in [0.1, 0.15) is 6.92 Å². The van der Waals surface area contributed by atoms with E-state index in [1.54, 1.807) is 25.1 Å². The van der Waals surface area contributed by atoms with Gasteiger partial charge in [0.2, 0.25) is 0 Å². The lowest BCUT2D eigenvalue weighted by Gasteiger charge is -2.11. The van der Waals surface area contributed by atoms with Gasteiger partial charge in [0.15, 0.2) is 23.3 Å². The average Bonchev–Trinajstić information content (AvgIpc) is 2.46. The molecule has 4 nitrogen and oxygen atoms in total. The molecule has 0 aliphatic heterocycles. The van der Waals surface area contributed by atoms with Gasteiger partial charge in [0, 0.05) is 24.4 Å². The summed E-state index contributed by atoms with van der Waals surface area (Å²) in [5.41, 5.74) is 0.579. The lowest BCUT2D eigenvalue weighted by Crippen LogP contribution is -2.06. The molecule has 2 aromatic rings. The molecule has 2 N–H and O–H groups in total. The van der Waals surface area contributed by atoms with Gasteiger partial charge < -0.3 is 15.4 Å². The fourth-order valence-corrected chi connectivity index (χ4v) is 2.13. The number of halogens is 3. The van der Waals surface area contributed by atoms with Crippen LogP contribution < -0.4 is 15.4 Å². The van der Waals surface area contributed by atoms with Crippen molar-refractivity contribution in [3.05, 3.63) is 40.4 Å². The zero-order valence-corrected chi connectivity index (χ0v) is 13.1. The van der Waals surface area contributed by atoms with Crippen LogP contribution in [0.4, 0.5) is 26.1 Å². The maximum atomic E-state index is 13.8. The van der Waals surface area contributed by atoms with Gasteiger partial charge in [0.1, 0.15) is 5.75 Å². The molecule has 1 heterocycles. The smallest absolute Gasteiger partial charge is 0.169 e. The molecule has 0 saturated carbocycles. The molecular weight excluding hydrogens is 344 g/mol. The van der Waals surface area contributed by atoms with Crippen molar-refractivity contribution in [1.82, 2.24) is 4.98 Å². The Hall–Kier alpha value is -1.89. The highest BCUT2D eigenvalue weighted by molar-refractivity contribution is 9.10. The molecule has 112 valence electrons. The van der Waals surface area contributed by atoms with E-state index in [2.05, 4.69) is 31.5 Å². The number of hydrogen-bond donors (Lipinski definition) is 2. The Balaban J connectivity index is 2.32. The van der Waals surface area contributed by atoms with Crippen molar-refractivity contribution in [2.75, 3.05) is 24.3 Å². The van der Waals surface area contributed by atoms with Crippen molar-refractivity contribution < 1.29 is 13.5 Å². The second-order valence-electron chi connectivity index (χ2n) is 4.15. The van der Waals surface area contributed by atoms with Crippen LogP contribution in [0.3, 0.4) is 0 Å². The van der Waals surface area contributed by atoms with Gasteiger partial charge in [-0.3, -0.25) is 0 Å². The van der Waals surface area contributed by atoms with E-state index in [0.717, 1.165) is 10.5 Å². The lowest BCUT2D eigenvalue weighted by molar-refractivity contribution is 0.412. The molecule has 0 radical (unpaired) electrons. The van der Waals surface area contributed by atoms with Crippen LogP contribution in [0.2, 0.25) is 0 Å². The third-order valence-electron chi connectivity index (χ3n) is 2.69. The van der Waals surface area contributed by atoms with E-state index in [-0.39, 0.29) is 11.6 Å². The first-order valence-corrected chi connectivity index (χ1v) is 7.05. The summed E-state index contributed by atoms with van der Waals surface area (Å²) >= 11 is 3.33. The van der Waals surface area contributed by atoms with E-state index in [1.807, 2.05) is 0 Å². The van der Waals surface area contributed by atoms with Gasteiger partial charge >= 0.3 is 0 Å². The summed E-state index contributed by atoms with van der Waals surface area (Å²) in [5.74, 6) is -0.957. The zero-order valence-electron chi connectivity index (χ0n) is 11.5. The van der Waals surface area contributed by atoms with E-state index in [4.69, 9.17) is 4.74 Å². The molecule has 0 aliphatic rings. The van der Waals surface area contributed by atoms with Crippen molar-refractivity contribution in [3.63, 3.8) is 0 Å². The third kappa shape index (κ3) is 3.60.